The summed E-state index contributed by atoms with van der Waals surface area (Å²) in [5.74, 6) is 0.529. The van der Waals surface area contributed by atoms with Crippen LogP contribution in [-0.2, 0) is 12.6 Å². The van der Waals surface area contributed by atoms with Gasteiger partial charge in [0, 0.05) is 0 Å². The van der Waals surface area contributed by atoms with Crippen molar-refractivity contribution in [2.24, 2.45) is 5.92 Å². The summed E-state index contributed by atoms with van der Waals surface area (Å²) >= 11 is 0. The van der Waals surface area contributed by atoms with E-state index in [-0.39, 0.29) is 11.7 Å². The van der Waals surface area contributed by atoms with Crippen LogP contribution in [0.5, 0.6) is 5.75 Å². The number of piperidine rings is 1. The Labute approximate surface area is 111 Å². The molecule has 0 aliphatic carbocycles. The van der Waals surface area contributed by atoms with Gasteiger partial charge in [0.25, 0.3) is 0 Å². The molecule has 5 heteroatoms. The average molecular weight is 273 g/mol. The minimum atomic E-state index is -4.33. The molecular formula is C14H18F3NO. The van der Waals surface area contributed by atoms with Crippen LogP contribution >= 0.6 is 0 Å². The van der Waals surface area contributed by atoms with Crippen molar-refractivity contribution in [1.82, 2.24) is 5.32 Å². The molecule has 1 aromatic rings. The number of nitrogens with one attached hydrogen (secondary N) is 1. The normalized spacial score (nSPS) is 20.3. The maximum Gasteiger partial charge on any atom is 0.416 e. The third-order valence-corrected chi connectivity index (χ3v) is 3.53. The van der Waals surface area contributed by atoms with E-state index >= 15 is 0 Å². The lowest BCUT2D eigenvalue weighted by Gasteiger charge is -2.24. The lowest BCUT2D eigenvalue weighted by molar-refractivity contribution is -0.138. The van der Waals surface area contributed by atoms with Crippen molar-refractivity contribution in [2.45, 2.75) is 25.4 Å². The standard InChI is InChI=1S/C14H18F3NO/c1-19-12-5-4-11(13(8-12)14(15,16)17)7-10-3-2-6-18-9-10/h4-5,8,10,18H,2-3,6-7,9H2,1H3. The van der Waals surface area contributed by atoms with Crippen LogP contribution in [0.1, 0.15) is 24.0 Å². The molecule has 1 heterocycles. The fourth-order valence-corrected chi connectivity index (χ4v) is 2.53. The van der Waals surface area contributed by atoms with Crippen molar-refractivity contribution in [2.75, 3.05) is 20.2 Å². The molecule has 0 bridgehead atoms. The van der Waals surface area contributed by atoms with Crippen LogP contribution in [0.15, 0.2) is 18.2 Å². The summed E-state index contributed by atoms with van der Waals surface area (Å²) < 4.78 is 44.0. The average Bonchev–Trinajstić information content (AvgIpc) is 2.39. The Bertz CT molecular complexity index is 425. The van der Waals surface area contributed by atoms with Gasteiger partial charge in [0.2, 0.25) is 0 Å². The molecule has 19 heavy (non-hydrogen) atoms. The molecule has 1 aliphatic heterocycles. The van der Waals surface area contributed by atoms with Crippen molar-refractivity contribution in [3.63, 3.8) is 0 Å². The molecule has 1 unspecified atom stereocenters. The van der Waals surface area contributed by atoms with Crippen LogP contribution < -0.4 is 10.1 Å². The first-order valence-electron chi connectivity index (χ1n) is 6.45. The zero-order chi connectivity index (χ0) is 13.9. The second-order valence-corrected chi connectivity index (χ2v) is 4.94. The number of hydrogen-bond donors (Lipinski definition) is 1. The molecule has 1 atom stereocenters. The minimum absolute atomic E-state index is 0.248. The monoisotopic (exact) mass is 273 g/mol. The lowest BCUT2D eigenvalue weighted by atomic mass is 9.90. The Morgan fingerprint density at radius 2 is 2.16 bits per heavy atom. The smallest absolute Gasteiger partial charge is 0.416 e. The SMILES string of the molecule is COc1ccc(CC2CCCNC2)c(C(F)(F)F)c1. The van der Waals surface area contributed by atoms with Gasteiger partial charge in [0.1, 0.15) is 5.75 Å². The minimum Gasteiger partial charge on any atom is -0.497 e. The lowest BCUT2D eigenvalue weighted by Crippen LogP contribution is -2.31. The largest absolute Gasteiger partial charge is 0.497 e. The highest BCUT2D eigenvalue weighted by molar-refractivity contribution is 5.37. The number of rotatable bonds is 3. The number of halogens is 3. The molecule has 2 nitrogen and oxygen atoms in total. The predicted octanol–water partition coefficient (Wildman–Crippen LogP) is 3.26. The molecule has 0 saturated carbocycles. The number of ether oxygens (including phenoxy) is 1. The summed E-state index contributed by atoms with van der Waals surface area (Å²) in [6.45, 7) is 1.76. The Kier molecular flexibility index (Phi) is 4.34. The van der Waals surface area contributed by atoms with E-state index < -0.39 is 11.7 Å². The van der Waals surface area contributed by atoms with Gasteiger partial charge in [-0.2, -0.15) is 13.2 Å². The van der Waals surface area contributed by atoms with E-state index in [0.717, 1.165) is 32.0 Å². The van der Waals surface area contributed by atoms with E-state index in [2.05, 4.69) is 5.32 Å². The van der Waals surface area contributed by atoms with E-state index in [0.29, 0.717) is 12.0 Å². The molecule has 1 N–H and O–H groups in total. The summed E-state index contributed by atoms with van der Waals surface area (Å²) in [6.07, 6.45) is -1.85. The van der Waals surface area contributed by atoms with Gasteiger partial charge in [0.15, 0.2) is 0 Å². The summed E-state index contributed by atoms with van der Waals surface area (Å²) in [7, 11) is 1.38. The van der Waals surface area contributed by atoms with Gasteiger partial charge in [-0.05, 0) is 56.0 Å². The molecule has 0 aromatic heterocycles. The number of hydrogen-bond acceptors (Lipinski definition) is 2. The predicted molar refractivity (Wildman–Crippen MR) is 67.3 cm³/mol. The van der Waals surface area contributed by atoms with Gasteiger partial charge < -0.3 is 10.1 Å². The van der Waals surface area contributed by atoms with Gasteiger partial charge in [-0.15, -0.1) is 0 Å². The molecule has 1 aromatic carbocycles. The zero-order valence-electron chi connectivity index (χ0n) is 10.9. The van der Waals surface area contributed by atoms with Gasteiger partial charge in [-0.3, -0.25) is 0 Å². The van der Waals surface area contributed by atoms with E-state index in [1.807, 2.05) is 0 Å². The molecule has 1 saturated heterocycles. The molecule has 2 rings (SSSR count). The van der Waals surface area contributed by atoms with Crippen LogP contribution in [0.2, 0.25) is 0 Å². The topological polar surface area (TPSA) is 21.3 Å². The van der Waals surface area contributed by atoms with Crippen molar-refractivity contribution in [3.05, 3.63) is 29.3 Å². The van der Waals surface area contributed by atoms with Crippen molar-refractivity contribution in [1.29, 1.82) is 0 Å². The van der Waals surface area contributed by atoms with Gasteiger partial charge in [-0.25, -0.2) is 0 Å². The second-order valence-electron chi connectivity index (χ2n) is 4.94. The van der Waals surface area contributed by atoms with Gasteiger partial charge >= 0.3 is 6.18 Å². The number of methoxy groups -OCH3 is 1. The van der Waals surface area contributed by atoms with Gasteiger partial charge in [0.05, 0.1) is 12.7 Å². The van der Waals surface area contributed by atoms with E-state index in [4.69, 9.17) is 4.74 Å². The van der Waals surface area contributed by atoms with Gasteiger partial charge in [-0.1, -0.05) is 6.07 Å². The Morgan fingerprint density at radius 1 is 1.37 bits per heavy atom. The van der Waals surface area contributed by atoms with Crippen LogP contribution in [0.3, 0.4) is 0 Å². The maximum absolute atomic E-state index is 13.0. The Balaban J connectivity index is 2.23. The zero-order valence-corrected chi connectivity index (χ0v) is 10.9. The Morgan fingerprint density at radius 3 is 2.74 bits per heavy atom. The number of alkyl halides is 3. The first-order chi connectivity index (χ1) is 9.00. The fourth-order valence-electron chi connectivity index (χ4n) is 2.53. The summed E-state index contributed by atoms with van der Waals surface area (Å²) in [6, 6.07) is 4.22. The third kappa shape index (κ3) is 3.62. The first-order valence-corrected chi connectivity index (χ1v) is 6.45. The molecular weight excluding hydrogens is 255 g/mol. The highest BCUT2D eigenvalue weighted by Crippen LogP contribution is 2.35. The molecule has 1 aliphatic rings. The van der Waals surface area contributed by atoms with Crippen LogP contribution in [0.4, 0.5) is 13.2 Å². The van der Waals surface area contributed by atoms with Crippen LogP contribution in [-0.4, -0.2) is 20.2 Å². The van der Waals surface area contributed by atoms with Crippen molar-refractivity contribution >= 4 is 0 Å². The second kappa shape index (κ2) is 5.82. The molecule has 1 fully saturated rings. The molecule has 0 spiro atoms. The highest BCUT2D eigenvalue weighted by Gasteiger charge is 2.34. The van der Waals surface area contributed by atoms with E-state index in [9.17, 15) is 13.2 Å². The first kappa shape index (κ1) is 14.2. The fraction of sp³-hybridized carbons (Fsp3) is 0.571. The van der Waals surface area contributed by atoms with Crippen molar-refractivity contribution in [3.8, 4) is 5.75 Å². The maximum atomic E-state index is 13.0. The van der Waals surface area contributed by atoms with E-state index in [1.165, 1.54) is 13.2 Å². The van der Waals surface area contributed by atoms with Crippen molar-refractivity contribution < 1.29 is 17.9 Å². The molecule has 0 radical (unpaired) electrons. The molecule has 0 amide bonds. The van der Waals surface area contributed by atoms with Crippen LogP contribution in [0, 0.1) is 5.92 Å². The van der Waals surface area contributed by atoms with Crippen LogP contribution in [0.25, 0.3) is 0 Å². The van der Waals surface area contributed by atoms with E-state index in [1.54, 1.807) is 6.07 Å². The quantitative estimate of drug-likeness (QED) is 0.912. The number of benzene rings is 1. The highest BCUT2D eigenvalue weighted by atomic mass is 19.4. The summed E-state index contributed by atoms with van der Waals surface area (Å²) in [5.41, 5.74) is -0.209. The Hall–Kier alpha value is -1.23. The summed E-state index contributed by atoms with van der Waals surface area (Å²) in [5, 5.41) is 3.23. The summed E-state index contributed by atoms with van der Waals surface area (Å²) in [4.78, 5) is 0. The molecule has 106 valence electrons. The third-order valence-electron chi connectivity index (χ3n) is 3.53.